The lowest BCUT2D eigenvalue weighted by Crippen LogP contribution is -1.92. The summed E-state index contributed by atoms with van der Waals surface area (Å²) in [5, 5.41) is 0. The Hall–Kier alpha value is -1.37. The second-order valence-corrected chi connectivity index (χ2v) is 4.52. The minimum absolute atomic E-state index is 0.238. The summed E-state index contributed by atoms with van der Waals surface area (Å²) in [6, 6.07) is 8.20. The predicted molar refractivity (Wildman–Crippen MR) is 74.0 cm³/mol. The van der Waals surface area contributed by atoms with Crippen LogP contribution >= 0.6 is 0 Å². The van der Waals surface area contributed by atoms with E-state index in [-0.39, 0.29) is 5.78 Å². The van der Waals surface area contributed by atoms with E-state index in [2.05, 4.69) is 26.0 Å². The predicted octanol–water partition coefficient (Wildman–Crippen LogP) is 4.55. The fourth-order valence-corrected chi connectivity index (χ4v) is 1.68. The van der Waals surface area contributed by atoms with Crippen LogP contribution in [0, 0.1) is 6.92 Å². The second-order valence-electron chi connectivity index (χ2n) is 4.52. The summed E-state index contributed by atoms with van der Waals surface area (Å²) < 4.78 is 0. The van der Waals surface area contributed by atoms with Crippen molar-refractivity contribution < 1.29 is 4.79 Å². The molecule has 0 aliphatic carbocycles. The van der Waals surface area contributed by atoms with Gasteiger partial charge in [-0.1, -0.05) is 62.1 Å². The van der Waals surface area contributed by atoms with Crippen molar-refractivity contribution >= 4 is 11.9 Å². The van der Waals surface area contributed by atoms with E-state index in [0.29, 0.717) is 6.42 Å². The number of allylic oxidation sites excluding steroid dienone is 1. The van der Waals surface area contributed by atoms with Gasteiger partial charge in [-0.3, -0.25) is 4.79 Å². The van der Waals surface area contributed by atoms with Gasteiger partial charge in [0.2, 0.25) is 0 Å². The molecule has 17 heavy (non-hydrogen) atoms. The molecule has 0 unspecified atom stereocenters. The van der Waals surface area contributed by atoms with Gasteiger partial charge in [-0.25, -0.2) is 0 Å². The number of benzene rings is 1. The molecule has 0 aliphatic heterocycles. The lowest BCUT2D eigenvalue weighted by molar-refractivity contribution is -0.114. The van der Waals surface area contributed by atoms with Crippen LogP contribution < -0.4 is 0 Å². The number of carbonyl (C=O) groups is 1. The molecule has 0 amide bonds. The smallest absolute Gasteiger partial charge is 0.155 e. The van der Waals surface area contributed by atoms with Gasteiger partial charge >= 0.3 is 0 Å². The van der Waals surface area contributed by atoms with E-state index in [1.165, 1.54) is 24.8 Å². The molecule has 0 atom stereocenters. The maximum atomic E-state index is 11.6. The zero-order valence-electron chi connectivity index (χ0n) is 10.9. The lowest BCUT2D eigenvalue weighted by Gasteiger charge is -1.97. The molecule has 0 spiro atoms. The van der Waals surface area contributed by atoms with Crippen LogP contribution in [0.2, 0.25) is 0 Å². The number of aryl methyl sites for hydroxylation is 1. The molecular weight excluding hydrogens is 208 g/mol. The highest BCUT2D eigenvalue weighted by Gasteiger charge is 1.96. The van der Waals surface area contributed by atoms with Crippen molar-refractivity contribution in [2.45, 2.75) is 46.0 Å². The molecule has 1 nitrogen and oxygen atoms in total. The Morgan fingerprint density at radius 2 is 1.82 bits per heavy atom. The van der Waals surface area contributed by atoms with Crippen LogP contribution in [-0.2, 0) is 4.79 Å². The summed E-state index contributed by atoms with van der Waals surface area (Å²) >= 11 is 0. The molecule has 1 aromatic rings. The van der Waals surface area contributed by atoms with E-state index in [9.17, 15) is 4.79 Å². The highest BCUT2D eigenvalue weighted by atomic mass is 16.1. The first kappa shape index (κ1) is 13.7. The Labute approximate surface area is 105 Å². The number of hydrogen-bond acceptors (Lipinski definition) is 1. The van der Waals surface area contributed by atoms with Crippen molar-refractivity contribution in [3.63, 3.8) is 0 Å². The molecule has 0 aliphatic rings. The van der Waals surface area contributed by atoms with Crippen LogP contribution in [0.4, 0.5) is 0 Å². The number of hydrogen-bond donors (Lipinski definition) is 0. The summed E-state index contributed by atoms with van der Waals surface area (Å²) in [5.74, 6) is 0.238. The molecule has 0 heterocycles. The third kappa shape index (κ3) is 6.06. The molecule has 1 rings (SSSR count). The maximum absolute atomic E-state index is 11.6. The molecule has 1 aromatic carbocycles. The third-order valence-electron chi connectivity index (χ3n) is 2.82. The third-order valence-corrected chi connectivity index (χ3v) is 2.82. The van der Waals surface area contributed by atoms with Crippen LogP contribution in [0.5, 0.6) is 0 Å². The zero-order valence-corrected chi connectivity index (χ0v) is 10.9. The van der Waals surface area contributed by atoms with Crippen molar-refractivity contribution in [1.82, 2.24) is 0 Å². The second kappa shape index (κ2) is 7.83. The van der Waals surface area contributed by atoms with E-state index >= 15 is 0 Å². The molecule has 0 fully saturated rings. The van der Waals surface area contributed by atoms with Gasteiger partial charge in [0.15, 0.2) is 5.78 Å². The quantitative estimate of drug-likeness (QED) is 0.496. The Morgan fingerprint density at radius 3 is 2.47 bits per heavy atom. The van der Waals surface area contributed by atoms with Crippen molar-refractivity contribution in [3.8, 4) is 0 Å². The van der Waals surface area contributed by atoms with E-state index in [4.69, 9.17) is 0 Å². The maximum Gasteiger partial charge on any atom is 0.155 e. The monoisotopic (exact) mass is 230 g/mol. The Balaban J connectivity index is 2.32. The fraction of sp³-hybridized carbons (Fsp3) is 0.438. The number of rotatable bonds is 7. The van der Waals surface area contributed by atoms with E-state index in [1.807, 2.05) is 18.2 Å². The van der Waals surface area contributed by atoms with Crippen LogP contribution in [0.15, 0.2) is 30.3 Å². The molecule has 0 radical (unpaired) electrons. The van der Waals surface area contributed by atoms with Crippen molar-refractivity contribution in [1.29, 1.82) is 0 Å². The standard InChI is InChI=1S/C16H22O/c1-3-4-5-6-7-16(17)13-12-15-10-8-14(2)9-11-15/h8-13H,3-7H2,1-2H3/b13-12+. The summed E-state index contributed by atoms with van der Waals surface area (Å²) in [4.78, 5) is 11.6. The largest absolute Gasteiger partial charge is 0.295 e. The average Bonchev–Trinajstić information content (AvgIpc) is 2.34. The Bertz CT molecular complexity index is 360. The van der Waals surface area contributed by atoms with Gasteiger partial charge in [0.05, 0.1) is 0 Å². The molecule has 1 heteroatoms. The normalized spacial score (nSPS) is 10.9. The van der Waals surface area contributed by atoms with Crippen LogP contribution in [0.3, 0.4) is 0 Å². The first-order chi connectivity index (χ1) is 8.22. The highest BCUT2D eigenvalue weighted by molar-refractivity contribution is 5.93. The van der Waals surface area contributed by atoms with Crippen LogP contribution in [-0.4, -0.2) is 5.78 Å². The van der Waals surface area contributed by atoms with Crippen molar-refractivity contribution in [3.05, 3.63) is 41.5 Å². The number of carbonyl (C=O) groups excluding carboxylic acids is 1. The molecule has 92 valence electrons. The molecule has 0 saturated heterocycles. The van der Waals surface area contributed by atoms with Crippen molar-refractivity contribution in [2.75, 3.05) is 0 Å². The molecular formula is C16H22O. The zero-order chi connectivity index (χ0) is 12.5. The van der Waals surface area contributed by atoms with Gasteiger partial charge in [0.25, 0.3) is 0 Å². The fourth-order valence-electron chi connectivity index (χ4n) is 1.68. The van der Waals surface area contributed by atoms with Crippen LogP contribution in [0.25, 0.3) is 6.08 Å². The minimum Gasteiger partial charge on any atom is -0.295 e. The average molecular weight is 230 g/mol. The van der Waals surface area contributed by atoms with Gasteiger partial charge in [0.1, 0.15) is 0 Å². The Kier molecular flexibility index (Phi) is 6.31. The summed E-state index contributed by atoms with van der Waals surface area (Å²) in [5.41, 5.74) is 2.34. The lowest BCUT2D eigenvalue weighted by atomic mass is 10.1. The van der Waals surface area contributed by atoms with Gasteiger partial charge in [-0.15, -0.1) is 0 Å². The Morgan fingerprint density at radius 1 is 1.12 bits per heavy atom. The first-order valence-electron chi connectivity index (χ1n) is 6.50. The van der Waals surface area contributed by atoms with Gasteiger partial charge in [-0.2, -0.15) is 0 Å². The molecule has 0 saturated carbocycles. The van der Waals surface area contributed by atoms with Gasteiger partial charge in [-0.05, 0) is 25.0 Å². The van der Waals surface area contributed by atoms with Gasteiger partial charge < -0.3 is 0 Å². The first-order valence-corrected chi connectivity index (χ1v) is 6.50. The SMILES string of the molecule is CCCCCCC(=O)/C=C/c1ccc(C)cc1. The van der Waals surface area contributed by atoms with E-state index < -0.39 is 0 Å². The van der Waals surface area contributed by atoms with Crippen LogP contribution in [0.1, 0.15) is 50.2 Å². The molecule has 0 aromatic heterocycles. The van der Waals surface area contributed by atoms with E-state index in [1.54, 1.807) is 6.08 Å². The van der Waals surface area contributed by atoms with Crippen molar-refractivity contribution in [2.24, 2.45) is 0 Å². The minimum atomic E-state index is 0.238. The molecule has 0 bridgehead atoms. The molecule has 0 N–H and O–H groups in total. The highest BCUT2D eigenvalue weighted by Crippen LogP contribution is 2.07. The van der Waals surface area contributed by atoms with E-state index in [0.717, 1.165) is 12.0 Å². The van der Waals surface area contributed by atoms with Gasteiger partial charge in [0, 0.05) is 6.42 Å². The summed E-state index contributed by atoms with van der Waals surface area (Å²) in [6.07, 6.45) is 8.93. The summed E-state index contributed by atoms with van der Waals surface area (Å²) in [7, 11) is 0. The summed E-state index contributed by atoms with van der Waals surface area (Å²) in [6.45, 7) is 4.24. The number of unbranched alkanes of at least 4 members (excludes halogenated alkanes) is 3. The topological polar surface area (TPSA) is 17.1 Å². The number of ketones is 1.